The molecule has 0 aromatic carbocycles. The fourth-order valence-electron chi connectivity index (χ4n) is 1.09. The number of aromatic nitrogens is 1. The van der Waals surface area contributed by atoms with Crippen molar-refractivity contribution >= 4 is 11.8 Å². The smallest absolute Gasteiger partial charge is 0.208 e. The Morgan fingerprint density at radius 1 is 1.53 bits per heavy atom. The molecule has 0 atom stereocenters. The van der Waals surface area contributed by atoms with E-state index in [-0.39, 0.29) is 0 Å². The summed E-state index contributed by atoms with van der Waals surface area (Å²) < 4.78 is 5.43. The van der Waals surface area contributed by atoms with Crippen molar-refractivity contribution in [2.24, 2.45) is 0 Å². The molecule has 1 rings (SSSR count). The van der Waals surface area contributed by atoms with Crippen LogP contribution in [-0.2, 0) is 6.54 Å². The zero-order chi connectivity index (χ0) is 11.1. The molecule has 0 aliphatic carbocycles. The maximum Gasteiger partial charge on any atom is 0.208 e. The Morgan fingerprint density at radius 3 is 2.93 bits per heavy atom. The third-order valence-corrected chi connectivity index (χ3v) is 2.82. The molecule has 15 heavy (non-hydrogen) atoms. The van der Waals surface area contributed by atoms with Gasteiger partial charge in [-0.2, -0.15) is 0 Å². The minimum Gasteiger partial charge on any atom is -0.444 e. The summed E-state index contributed by atoms with van der Waals surface area (Å²) in [5.41, 5.74) is 0.966. The lowest BCUT2D eigenvalue weighted by atomic mass is 10.4. The topological polar surface area (TPSA) is 38.1 Å². The van der Waals surface area contributed by atoms with Gasteiger partial charge in [-0.15, -0.1) is 18.2 Å². The number of thioether (sulfide) groups is 1. The van der Waals surface area contributed by atoms with Crippen LogP contribution in [0.5, 0.6) is 0 Å². The Hall–Kier alpha value is -0.920. The number of hydrogen-bond donors (Lipinski definition) is 1. The molecule has 0 radical (unpaired) electrons. The second-order valence-corrected chi connectivity index (χ2v) is 4.29. The fraction of sp³-hybridized carbons (Fsp3) is 0.545. The summed E-state index contributed by atoms with van der Waals surface area (Å²) in [5, 5.41) is 3.26. The van der Waals surface area contributed by atoms with Gasteiger partial charge in [0.2, 0.25) is 5.89 Å². The molecule has 3 nitrogen and oxygen atoms in total. The first-order valence-corrected chi connectivity index (χ1v) is 6.04. The molecule has 1 aromatic rings. The van der Waals surface area contributed by atoms with Gasteiger partial charge in [0, 0.05) is 12.3 Å². The number of terminal acetylenes is 1. The van der Waals surface area contributed by atoms with E-state index in [1.165, 1.54) is 0 Å². The first-order chi connectivity index (χ1) is 7.24. The van der Waals surface area contributed by atoms with Gasteiger partial charge in [-0.1, -0.05) is 5.92 Å². The monoisotopic (exact) mass is 224 g/mol. The molecular weight excluding hydrogens is 208 g/mol. The van der Waals surface area contributed by atoms with E-state index in [2.05, 4.69) is 16.2 Å². The van der Waals surface area contributed by atoms with E-state index in [0.717, 1.165) is 35.4 Å². The molecule has 0 amide bonds. The van der Waals surface area contributed by atoms with Crippen molar-refractivity contribution in [3.05, 3.63) is 17.3 Å². The highest BCUT2D eigenvalue weighted by molar-refractivity contribution is 7.99. The highest BCUT2D eigenvalue weighted by Gasteiger charge is 2.03. The number of nitrogens with zero attached hydrogens (tertiary/aromatic N) is 1. The van der Waals surface area contributed by atoms with Crippen LogP contribution in [0.3, 0.4) is 0 Å². The number of rotatable bonds is 6. The van der Waals surface area contributed by atoms with Gasteiger partial charge in [0.05, 0.1) is 18.0 Å². The second-order valence-electron chi connectivity index (χ2n) is 3.18. The zero-order valence-corrected chi connectivity index (χ0v) is 9.99. The quantitative estimate of drug-likeness (QED) is 0.590. The van der Waals surface area contributed by atoms with Crippen molar-refractivity contribution < 1.29 is 4.42 Å². The van der Waals surface area contributed by atoms with Gasteiger partial charge in [0.1, 0.15) is 5.76 Å². The van der Waals surface area contributed by atoms with Crippen LogP contribution in [0.25, 0.3) is 0 Å². The van der Waals surface area contributed by atoms with Crippen LogP contribution in [-0.4, -0.2) is 23.0 Å². The Morgan fingerprint density at radius 2 is 2.33 bits per heavy atom. The molecule has 0 bridgehead atoms. The van der Waals surface area contributed by atoms with E-state index in [9.17, 15) is 0 Å². The highest BCUT2D eigenvalue weighted by atomic mass is 32.2. The Labute approximate surface area is 95.0 Å². The summed E-state index contributed by atoms with van der Waals surface area (Å²) in [6.45, 7) is 5.48. The van der Waals surface area contributed by atoms with Crippen LogP contribution in [0.2, 0.25) is 0 Å². The standard InChI is InChI=1S/C11H16N2OS/c1-4-6-15-7-5-12-8-11-13-9(2)10(3)14-11/h1,12H,5-8H2,2-3H3. The van der Waals surface area contributed by atoms with Crippen molar-refractivity contribution in [2.75, 3.05) is 18.1 Å². The normalized spacial score (nSPS) is 10.2. The maximum atomic E-state index is 5.43. The minimum atomic E-state index is 0.686. The number of hydrogen-bond acceptors (Lipinski definition) is 4. The first kappa shape index (κ1) is 12.2. The van der Waals surface area contributed by atoms with Crippen LogP contribution in [0.1, 0.15) is 17.3 Å². The molecule has 0 saturated carbocycles. The average Bonchev–Trinajstić information content (AvgIpc) is 2.52. The first-order valence-electron chi connectivity index (χ1n) is 4.89. The minimum absolute atomic E-state index is 0.686. The fourth-order valence-corrected chi connectivity index (χ4v) is 1.64. The van der Waals surface area contributed by atoms with Gasteiger partial charge in [0.25, 0.3) is 0 Å². The van der Waals surface area contributed by atoms with E-state index in [1.807, 2.05) is 13.8 Å². The van der Waals surface area contributed by atoms with Crippen molar-refractivity contribution in [3.63, 3.8) is 0 Å². The number of oxazole rings is 1. The molecule has 0 aliphatic heterocycles. The van der Waals surface area contributed by atoms with E-state index < -0.39 is 0 Å². The van der Waals surface area contributed by atoms with E-state index in [1.54, 1.807) is 11.8 Å². The molecule has 1 heterocycles. The van der Waals surface area contributed by atoms with Gasteiger partial charge in [0.15, 0.2) is 0 Å². The summed E-state index contributed by atoms with van der Waals surface area (Å²) in [5.74, 6) is 6.04. The number of aryl methyl sites for hydroxylation is 2. The molecule has 0 aliphatic rings. The van der Waals surface area contributed by atoms with Gasteiger partial charge >= 0.3 is 0 Å². The largest absolute Gasteiger partial charge is 0.444 e. The highest BCUT2D eigenvalue weighted by Crippen LogP contribution is 2.07. The van der Waals surface area contributed by atoms with Crippen LogP contribution < -0.4 is 5.32 Å². The lowest BCUT2D eigenvalue weighted by molar-refractivity contribution is 0.452. The predicted octanol–water partition coefficient (Wildman–Crippen LogP) is 1.75. The van der Waals surface area contributed by atoms with Crippen molar-refractivity contribution in [1.29, 1.82) is 0 Å². The molecule has 0 unspecified atom stereocenters. The van der Waals surface area contributed by atoms with E-state index >= 15 is 0 Å². The van der Waals surface area contributed by atoms with Gasteiger partial charge < -0.3 is 9.73 Å². The summed E-state index contributed by atoms with van der Waals surface area (Å²) >= 11 is 1.75. The molecule has 4 heteroatoms. The van der Waals surface area contributed by atoms with Crippen molar-refractivity contribution in [1.82, 2.24) is 10.3 Å². The Kier molecular flexibility index (Phi) is 5.30. The summed E-state index contributed by atoms with van der Waals surface area (Å²) in [6.07, 6.45) is 5.14. The lowest BCUT2D eigenvalue weighted by Gasteiger charge is -1.99. The lowest BCUT2D eigenvalue weighted by Crippen LogP contribution is -2.16. The SMILES string of the molecule is C#CCSCCNCc1nc(C)c(C)o1. The van der Waals surface area contributed by atoms with Gasteiger partial charge in [-0.3, -0.25) is 0 Å². The molecule has 82 valence electrons. The molecular formula is C11H16N2OS. The average molecular weight is 224 g/mol. The molecule has 1 N–H and O–H groups in total. The van der Waals surface area contributed by atoms with Crippen molar-refractivity contribution in [3.8, 4) is 12.3 Å². The zero-order valence-electron chi connectivity index (χ0n) is 9.17. The Bertz CT molecular complexity index is 321. The molecule has 0 fully saturated rings. The second kappa shape index (κ2) is 6.54. The van der Waals surface area contributed by atoms with Crippen LogP contribution in [0, 0.1) is 26.2 Å². The van der Waals surface area contributed by atoms with Crippen LogP contribution in [0.15, 0.2) is 4.42 Å². The summed E-state index contributed by atoms with van der Waals surface area (Å²) in [7, 11) is 0. The summed E-state index contributed by atoms with van der Waals surface area (Å²) in [4.78, 5) is 4.28. The Balaban J connectivity index is 2.13. The maximum absolute atomic E-state index is 5.43. The van der Waals surface area contributed by atoms with E-state index in [0.29, 0.717) is 6.54 Å². The van der Waals surface area contributed by atoms with E-state index in [4.69, 9.17) is 10.8 Å². The molecule has 0 spiro atoms. The van der Waals surface area contributed by atoms with Gasteiger partial charge in [-0.25, -0.2) is 4.98 Å². The molecule has 0 saturated heterocycles. The summed E-state index contributed by atoms with van der Waals surface area (Å²) in [6, 6.07) is 0. The van der Waals surface area contributed by atoms with Gasteiger partial charge in [-0.05, 0) is 13.8 Å². The molecule has 1 aromatic heterocycles. The third-order valence-electron chi connectivity index (χ3n) is 1.96. The van der Waals surface area contributed by atoms with Crippen LogP contribution in [0.4, 0.5) is 0 Å². The predicted molar refractivity (Wildman–Crippen MR) is 63.8 cm³/mol. The van der Waals surface area contributed by atoms with Crippen molar-refractivity contribution in [2.45, 2.75) is 20.4 Å². The number of nitrogens with one attached hydrogen (secondary N) is 1. The third kappa shape index (κ3) is 4.41. The van der Waals surface area contributed by atoms with Crippen LogP contribution >= 0.6 is 11.8 Å².